The highest BCUT2D eigenvalue weighted by atomic mass is 16.3. The highest BCUT2D eigenvalue weighted by molar-refractivity contribution is 5.76. The van der Waals surface area contributed by atoms with Gasteiger partial charge < -0.3 is 15.5 Å². The van der Waals surface area contributed by atoms with E-state index in [-0.39, 0.29) is 12.5 Å². The molecule has 0 radical (unpaired) electrons. The summed E-state index contributed by atoms with van der Waals surface area (Å²) >= 11 is 0. The fraction of sp³-hybridized carbons (Fsp3) is 0.776. The van der Waals surface area contributed by atoms with Gasteiger partial charge in [0, 0.05) is 6.42 Å². The quantitative estimate of drug-likeness (QED) is 0.0421. The lowest BCUT2D eigenvalue weighted by Gasteiger charge is -2.22. The van der Waals surface area contributed by atoms with Gasteiger partial charge in [-0.05, 0) is 64.2 Å². The third kappa shape index (κ3) is 48.9. The number of rotatable bonds is 49. The molecule has 0 fully saturated rings. The smallest absolute Gasteiger partial charge is 0.220 e. The van der Waals surface area contributed by atoms with Gasteiger partial charge in [0.2, 0.25) is 5.91 Å². The van der Waals surface area contributed by atoms with E-state index in [1.54, 1.807) is 0 Å². The van der Waals surface area contributed by atoms with E-state index in [1.807, 2.05) is 0 Å². The van der Waals surface area contributed by atoms with E-state index in [4.69, 9.17) is 0 Å². The first-order valence-corrected chi connectivity index (χ1v) is 27.1. The molecule has 0 aliphatic heterocycles. The minimum absolute atomic E-state index is 0.0727. The third-order valence-electron chi connectivity index (χ3n) is 12.2. The van der Waals surface area contributed by atoms with Gasteiger partial charge in [0.25, 0.3) is 0 Å². The van der Waals surface area contributed by atoms with Crippen LogP contribution in [0.25, 0.3) is 0 Å². The topological polar surface area (TPSA) is 69.6 Å². The van der Waals surface area contributed by atoms with Gasteiger partial charge in [-0.1, -0.05) is 273 Å². The van der Waals surface area contributed by atoms with E-state index in [0.717, 1.165) is 70.6 Å². The highest BCUT2D eigenvalue weighted by Gasteiger charge is 2.20. The molecule has 62 heavy (non-hydrogen) atoms. The van der Waals surface area contributed by atoms with Crippen LogP contribution in [-0.4, -0.2) is 34.9 Å². The Morgan fingerprint density at radius 1 is 0.403 bits per heavy atom. The van der Waals surface area contributed by atoms with E-state index in [0.29, 0.717) is 12.8 Å². The molecular weight excluding hydrogens is 759 g/mol. The standard InChI is InChI=1S/C58H105NO3/c1-3-5-7-9-11-13-15-17-19-21-23-25-26-27-28-29-30-31-32-34-35-37-39-41-43-45-47-49-51-53-57(61)56(55-60)59-58(62)54-52-50-48-46-44-42-40-38-36-33-24-22-20-18-16-14-12-10-8-6-4-2/h6,8,12,14,18,20,24,33,38,40,44,46,56-57,60-61H,3-5,7,9-11,13,15-17,19,21-23,25-32,34-37,39,41-43,45,47-55H2,1-2H3,(H,59,62)/b8-6-,14-12-,20-18-,33-24-,40-38-,46-44-. The fourth-order valence-electron chi connectivity index (χ4n) is 8.13. The van der Waals surface area contributed by atoms with Crippen LogP contribution in [0, 0.1) is 0 Å². The molecule has 2 unspecified atom stereocenters. The number of aliphatic hydroxyl groups excluding tert-OH is 2. The van der Waals surface area contributed by atoms with Gasteiger partial charge in [0.1, 0.15) is 0 Å². The lowest BCUT2D eigenvalue weighted by atomic mass is 10.0. The van der Waals surface area contributed by atoms with Gasteiger partial charge in [-0.2, -0.15) is 0 Å². The monoisotopic (exact) mass is 864 g/mol. The van der Waals surface area contributed by atoms with Crippen molar-refractivity contribution in [3.05, 3.63) is 72.9 Å². The van der Waals surface area contributed by atoms with E-state index < -0.39 is 12.1 Å². The first kappa shape index (κ1) is 59.8. The Kier molecular flexibility index (Phi) is 51.3. The van der Waals surface area contributed by atoms with Crippen LogP contribution >= 0.6 is 0 Å². The van der Waals surface area contributed by atoms with Gasteiger partial charge in [0.15, 0.2) is 0 Å². The van der Waals surface area contributed by atoms with Crippen molar-refractivity contribution in [2.45, 2.75) is 283 Å². The summed E-state index contributed by atoms with van der Waals surface area (Å²) in [4.78, 5) is 12.5. The summed E-state index contributed by atoms with van der Waals surface area (Å²) in [6, 6.07) is -0.565. The maximum absolute atomic E-state index is 12.5. The van der Waals surface area contributed by atoms with E-state index in [2.05, 4.69) is 92.1 Å². The van der Waals surface area contributed by atoms with Crippen LogP contribution < -0.4 is 5.32 Å². The average Bonchev–Trinajstić information content (AvgIpc) is 3.28. The molecule has 0 aromatic rings. The van der Waals surface area contributed by atoms with Gasteiger partial charge in [0.05, 0.1) is 18.8 Å². The number of carbonyl (C=O) groups excluding carboxylic acids is 1. The molecule has 0 heterocycles. The summed E-state index contributed by atoms with van der Waals surface area (Å²) in [5, 5.41) is 23.3. The normalized spacial score (nSPS) is 13.4. The van der Waals surface area contributed by atoms with Gasteiger partial charge >= 0.3 is 0 Å². The molecule has 0 aromatic carbocycles. The number of nitrogens with one attached hydrogen (secondary N) is 1. The zero-order chi connectivity index (χ0) is 44.9. The Morgan fingerprint density at radius 3 is 1.03 bits per heavy atom. The second-order valence-corrected chi connectivity index (χ2v) is 18.3. The van der Waals surface area contributed by atoms with Crippen LogP contribution in [0.15, 0.2) is 72.9 Å². The molecule has 0 rings (SSSR count). The molecule has 2 atom stereocenters. The summed E-state index contributed by atoms with van der Waals surface area (Å²) in [5.41, 5.74) is 0. The lowest BCUT2D eigenvalue weighted by Crippen LogP contribution is -2.45. The minimum atomic E-state index is -0.684. The molecule has 1 amide bonds. The van der Waals surface area contributed by atoms with E-state index >= 15 is 0 Å². The summed E-state index contributed by atoms with van der Waals surface area (Å²) < 4.78 is 0. The second-order valence-electron chi connectivity index (χ2n) is 18.3. The number of hydrogen-bond donors (Lipinski definition) is 3. The first-order valence-electron chi connectivity index (χ1n) is 27.1. The van der Waals surface area contributed by atoms with Crippen LogP contribution in [0.1, 0.15) is 271 Å². The molecule has 4 heteroatoms. The Balaban J connectivity index is 3.53. The van der Waals surface area contributed by atoms with Crippen molar-refractivity contribution in [2.24, 2.45) is 0 Å². The molecule has 3 N–H and O–H groups in total. The molecule has 360 valence electrons. The number of hydrogen-bond acceptors (Lipinski definition) is 3. The molecule has 0 saturated heterocycles. The molecule has 4 nitrogen and oxygen atoms in total. The van der Waals surface area contributed by atoms with Crippen molar-refractivity contribution in [3.8, 4) is 0 Å². The molecule has 0 aliphatic rings. The Hall–Kier alpha value is -2.17. The summed E-state index contributed by atoms with van der Waals surface area (Å²) in [5.74, 6) is -0.0727. The second kappa shape index (κ2) is 53.2. The van der Waals surface area contributed by atoms with Crippen molar-refractivity contribution in [3.63, 3.8) is 0 Å². The molecular formula is C58H105NO3. The van der Waals surface area contributed by atoms with Crippen LogP contribution in [0.4, 0.5) is 0 Å². The number of carbonyl (C=O) groups is 1. The van der Waals surface area contributed by atoms with Gasteiger partial charge in [-0.15, -0.1) is 0 Å². The largest absolute Gasteiger partial charge is 0.394 e. The van der Waals surface area contributed by atoms with E-state index in [9.17, 15) is 15.0 Å². The predicted molar refractivity (Wildman–Crippen MR) is 276 cm³/mol. The lowest BCUT2D eigenvalue weighted by molar-refractivity contribution is -0.123. The fourth-order valence-corrected chi connectivity index (χ4v) is 8.13. The zero-order valence-corrected chi connectivity index (χ0v) is 41.4. The molecule has 0 bridgehead atoms. The zero-order valence-electron chi connectivity index (χ0n) is 41.4. The average molecular weight is 864 g/mol. The number of aliphatic hydroxyl groups is 2. The molecule has 0 spiro atoms. The van der Waals surface area contributed by atoms with E-state index in [1.165, 1.54) is 173 Å². The maximum atomic E-state index is 12.5. The van der Waals surface area contributed by atoms with Gasteiger partial charge in [-0.3, -0.25) is 4.79 Å². The summed E-state index contributed by atoms with van der Waals surface area (Å²) in [7, 11) is 0. The predicted octanol–water partition coefficient (Wildman–Crippen LogP) is 17.8. The minimum Gasteiger partial charge on any atom is -0.394 e. The SMILES string of the molecule is CC/C=C\C/C=C\C/C=C\C/C=C\C/C=C\C/C=C\CCCCC(=O)NC(CO)C(O)CCCCCCCCCCCCCCCCCCCCCCCCCCCCCCC. The Labute approximate surface area is 387 Å². The van der Waals surface area contributed by atoms with Crippen LogP contribution in [0.2, 0.25) is 0 Å². The summed E-state index contributed by atoms with van der Waals surface area (Å²) in [6.45, 7) is 4.24. The van der Waals surface area contributed by atoms with Crippen molar-refractivity contribution in [1.82, 2.24) is 5.32 Å². The summed E-state index contributed by atoms with van der Waals surface area (Å²) in [6.07, 6.45) is 76.0. The van der Waals surface area contributed by atoms with Crippen molar-refractivity contribution in [2.75, 3.05) is 6.61 Å². The first-order chi connectivity index (χ1) is 30.7. The number of allylic oxidation sites excluding steroid dienone is 12. The van der Waals surface area contributed by atoms with Crippen LogP contribution in [0.3, 0.4) is 0 Å². The maximum Gasteiger partial charge on any atom is 0.220 e. The number of unbranched alkanes of at least 4 members (excludes halogenated alkanes) is 30. The number of amides is 1. The third-order valence-corrected chi connectivity index (χ3v) is 12.2. The molecule has 0 saturated carbocycles. The van der Waals surface area contributed by atoms with Crippen molar-refractivity contribution >= 4 is 5.91 Å². The van der Waals surface area contributed by atoms with Crippen LogP contribution in [0.5, 0.6) is 0 Å². The molecule has 0 aromatic heterocycles. The highest BCUT2D eigenvalue weighted by Crippen LogP contribution is 2.17. The Morgan fingerprint density at radius 2 is 0.710 bits per heavy atom. The van der Waals surface area contributed by atoms with Crippen molar-refractivity contribution < 1.29 is 15.0 Å². The van der Waals surface area contributed by atoms with Crippen molar-refractivity contribution in [1.29, 1.82) is 0 Å². The Bertz CT molecular complexity index is 1070. The molecule has 0 aliphatic carbocycles. The van der Waals surface area contributed by atoms with Crippen LogP contribution in [-0.2, 0) is 4.79 Å². The van der Waals surface area contributed by atoms with Gasteiger partial charge in [-0.25, -0.2) is 0 Å².